The van der Waals surface area contributed by atoms with Gasteiger partial charge in [-0.1, -0.05) is 133 Å². The van der Waals surface area contributed by atoms with Gasteiger partial charge in [0.25, 0.3) is 0 Å². The van der Waals surface area contributed by atoms with Gasteiger partial charge < -0.3 is 4.57 Å². The number of hydrogen-bond acceptors (Lipinski definition) is 4. The number of benzene rings is 7. The zero-order valence-corrected chi connectivity index (χ0v) is 26.5. The largest absolute Gasteiger partial charge is 0.309 e. The topological polar surface area (TPSA) is 43.6 Å². The zero-order valence-electron chi connectivity index (χ0n) is 25.7. The van der Waals surface area contributed by atoms with Crippen LogP contribution in [0, 0.1) is 0 Å². The van der Waals surface area contributed by atoms with Crippen molar-refractivity contribution in [3.05, 3.63) is 158 Å². The third-order valence-electron chi connectivity index (χ3n) is 9.26. The number of hydrogen-bond donors (Lipinski definition) is 0. The van der Waals surface area contributed by atoms with Gasteiger partial charge in [0.2, 0.25) is 0 Å². The fraction of sp³-hybridized carbons (Fsp3) is 0. The Bertz CT molecular complexity index is 2590. The van der Waals surface area contributed by atoms with Gasteiger partial charge in [-0.15, -0.1) is 0 Å². The first-order chi connectivity index (χ1) is 23.8. The molecule has 224 valence electrons. The second kappa shape index (κ2) is 10.8. The molecule has 0 saturated heterocycles. The van der Waals surface area contributed by atoms with Gasteiger partial charge in [0.1, 0.15) is 0 Å². The van der Waals surface area contributed by atoms with E-state index in [1.165, 1.54) is 48.1 Å². The van der Waals surface area contributed by atoms with Crippen LogP contribution >= 0.6 is 11.8 Å². The van der Waals surface area contributed by atoms with E-state index in [1.807, 2.05) is 72.4 Å². The fourth-order valence-corrected chi connectivity index (χ4v) is 8.25. The van der Waals surface area contributed by atoms with Crippen LogP contribution in [0.5, 0.6) is 0 Å². The maximum Gasteiger partial charge on any atom is 0.164 e. The maximum atomic E-state index is 5.06. The van der Waals surface area contributed by atoms with Crippen LogP contribution in [-0.4, -0.2) is 19.5 Å². The van der Waals surface area contributed by atoms with E-state index in [4.69, 9.17) is 15.0 Å². The molecular weight excluding hydrogens is 605 g/mol. The number of aromatic nitrogens is 4. The van der Waals surface area contributed by atoms with Gasteiger partial charge in [-0.2, -0.15) is 0 Å². The molecule has 3 heterocycles. The van der Waals surface area contributed by atoms with Crippen molar-refractivity contribution >= 4 is 44.3 Å². The van der Waals surface area contributed by atoms with Crippen molar-refractivity contribution in [2.24, 2.45) is 0 Å². The predicted octanol–water partition coefficient (Wildman–Crippen LogP) is 11.3. The first-order valence-corrected chi connectivity index (χ1v) is 16.9. The lowest BCUT2D eigenvalue weighted by Crippen LogP contribution is -2.01. The Morgan fingerprint density at radius 2 is 0.958 bits per heavy atom. The Hall–Kier alpha value is -6.04. The highest BCUT2D eigenvalue weighted by atomic mass is 32.2. The molecule has 0 spiro atoms. The van der Waals surface area contributed by atoms with Crippen LogP contribution in [0.2, 0.25) is 0 Å². The van der Waals surface area contributed by atoms with Crippen molar-refractivity contribution in [1.29, 1.82) is 0 Å². The molecule has 0 aliphatic carbocycles. The van der Waals surface area contributed by atoms with Crippen LogP contribution in [0.4, 0.5) is 0 Å². The number of para-hydroxylation sites is 2. The smallest absolute Gasteiger partial charge is 0.164 e. The summed E-state index contributed by atoms with van der Waals surface area (Å²) in [6, 6.07) is 55.5. The van der Waals surface area contributed by atoms with E-state index in [1.54, 1.807) is 0 Å². The predicted molar refractivity (Wildman–Crippen MR) is 198 cm³/mol. The first kappa shape index (κ1) is 27.1. The molecule has 7 aromatic carbocycles. The van der Waals surface area contributed by atoms with Crippen molar-refractivity contribution in [3.8, 4) is 51.0 Å². The van der Waals surface area contributed by atoms with E-state index < -0.39 is 0 Å². The summed E-state index contributed by atoms with van der Waals surface area (Å²) in [5.41, 5.74) is 8.99. The lowest BCUT2D eigenvalue weighted by molar-refractivity contribution is 1.08. The molecule has 0 atom stereocenters. The van der Waals surface area contributed by atoms with Gasteiger partial charge in [0.15, 0.2) is 17.5 Å². The molecule has 2 aromatic heterocycles. The molecule has 48 heavy (non-hydrogen) atoms. The van der Waals surface area contributed by atoms with Crippen molar-refractivity contribution in [3.63, 3.8) is 0 Å². The molecular formula is C43H26N4S. The van der Waals surface area contributed by atoms with Gasteiger partial charge in [-0.05, 0) is 52.9 Å². The molecule has 0 N–H and O–H groups in total. The van der Waals surface area contributed by atoms with E-state index in [0.29, 0.717) is 17.5 Å². The van der Waals surface area contributed by atoms with Gasteiger partial charge in [-0.3, -0.25) is 0 Å². The van der Waals surface area contributed by atoms with Crippen LogP contribution in [-0.2, 0) is 0 Å². The summed E-state index contributed by atoms with van der Waals surface area (Å²) in [5, 5.41) is 4.91. The molecule has 4 nitrogen and oxygen atoms in total. The highest BCUT2D eigenvalue weighted by Gasteiger charge is 2.23. The van der Waals surface area contributed by atoms with Gasteiger partial charge in [-0.25, -0.2) is 15.0 Å². The molecule has 0 unspecified atom stereocenters. The van der Waals surface area contributed by atoms with Gasteiger partial charge in [0.05, 0.1) is 11.0 Å². The summed E-state index contributed by atoms with van der Waals surface area (Å²) >= 11 is 1.83. The van der Waals surface area contributed by atoms with E-state index in [-0.39, 0.29) is 0 Å². The Morgan fingerprint density at radius 1 is 0.396 bits per heavy atom. The first-order valence-electron chi connectivity index (χ1n) is 16.0. The highest BCUT2D eigenvalue weighted by Crippen LogP contribution is 2.50. The van der Waals surface area contributed by atoms with E-state index >= 15 is 0 Å². The average Bonchev–Trinajstić information content (AvgIpc) is 3.50. The third kappa shape index (κ3) is 4.21. The number of nitrogens with zero attached hydrogens (tertiary/aromatic N) is 4. The SMILES string of the molecule is c1ccc(-c2nc(-c3ccccc3)nc(-c3ccc4c5c(cccc35)-c3ccc(-n5c6ccccc6c6ccccc65)cc3S4)n2)cc1. The lowest BCUT2D eigenvalue weighted by atomic mass is 9.94. The van der Waals surface area contributed by atoms with E-state index in [2.05, 4.69) is 102 Å². The van der Waals surface area contributed by atoms with E-state index in [0.717, 1.165) is 27.8 Å². The lowest BCUT2D eigenvalue weighted by Gasteiger charge is -2.22. The van der Waals surface area contributed by atoms with Crippen LogP contribution < -0.4 is 0 Å². The van der Waals surface area contributed by atoms with Crippen molar-refractivity contribution in [1.82, 2.24) is 19.5 Å². The van der Waals surface area contributed by atoms with Crippen molar-refractivity contribution < 1.29 is 0 Å². The summed E-state index contributed by atoms with van der Waals surface area (Å²) in [7, 11) is 0. The van der Waals surface area contributed by atoms with Crippen LogP contribution in [0.3, 0.4) is 0 Å². The monoisotopic (exact) mass is 630 g/mol. The zero-order chi connectivity index (χ0) is 31.6. The molecule has 0 saturated carbocycles. The minimum atomic E-state index is 0.664. The second-order valence-electron chi connectivity index (χ2n) is 12.0. The Balaban J connectivity index is 1.14. The fourth-order valence-electron chi connectivity index (χ4n) is 7.08. The molecule has 10 rings (SSSR count). The van der Waals surface area contributed by atoms with Crippen LogP contribution in [0.1, 0.15) is 0 Å². The number of rotatable bonds is 4. The Labute approximate surface area is 281 Å². The highest BCUT2D eigenvalue weighted by molar-refractivity contribution is 7.99. The van der Waals surface area contributed by atoms with Gasteiger partial charge >= 0.3 is 0 Å². The Morgan fingerprint density at radius 3 is 1.62 bits per heavy atom. The molecule has 5 heteroatoms. The van der Waals surface area contributed by atoms with Crippen LogP contribution in [0.15, 0.2) is 168 Å². The Kier molecular flexibility index (Phi) is 6.08. The molecule has 0 amide bonds. The molecule has 0 bridgehead atoms. The minimum Gasteiger partial charge on any atom is -0.309 e. The van der Waals surface area contributed by atoms with Crippen LogP contribution in [0.25, 0.3) is 83.6 Å². The maximum absolute atomic E-state index is 5.06. The average molecular weight is 631 g/mol. The van der Waals surface area contributed by atoms with Crippen molar-refractivity contribution in [2.75, 3.05) is 0 Å². The van der Waals surface area contributed by atoms with Crippen molar-refractivity contribution in [2.45, 2.75) is 9.79 Å². The standard InChI is InChI=1S/C43H26N4S/c1-3-12-27(13-4-1)41-44-42(28-14-5-2-6-15-28)46-43(45-41)35-24-25-38-40-33(18-11-19-34(35)40)32-23-22-29(26-39(32)48-38)47-36-20-9-7-16-30(36)31-17-8-10-21-37(31)47/h1-26H. The molecule has 1 aliphatic rings. The molecule has 0 radical (unpaired) electrons. The summed E-state index contributed by atoms with van der Waals surface area (Å²) < 4.78 is 2.39. The quantitative estimate of drug-likeness (QED) is 0.194. The second-order valence-corrected chi connectivity index (χ2v) is 13.1. The molecule has 9 aromatic rings. The third-order valence-corrected chi connectivity index (χ3v) is 10.4. The summed E-state index contributed by atoms with van der Waals surface area (Å²) in [4.78, 5) is 17.5. The molecule has 0 fully saturated rings. The normalized spacial score (nSPS) is 12.1. The van der Waals surface area contributed by atoms with E-state index in [9.17, 15) is 0 Å². The molecule has 1 aliphatic heterocycles. The van der Waals surface area contributed by atoms with Gasteiger partial charge in [0, 0.05) is 48.3 Å². The summed E-state index contributed by atoms with van der Waals surface area (Å²) in [6.07, 6.45) is 0. The summed E-state index contributed by atoms with van der Waals surface area (Å²) in [5.74, 6) is 2.00. The number of fused-ring (bicyclic) bond motifs is 5. The summed E-state index contributed by atoms with van der Waals surface area (Å²) in [6.45, 7) is 0. The minimum absolute atomic E-state index is 0.664.